The Morgan fingerprint density at radius 3 is 2.21 bits per heavy atom. The summed E-state index contributed by atoms with van der Waals surface area (Å²) >= 11 is 0. The number of piperidine rings is 1. The molecule has 0 amide bonds. The molecule has 1 aliphatic carbocycles. The molecule has 224 valence electrons. The molecule has 3 aromatic rings. The average molecular weight is 570 g/mol. The summed E-state index contributed by atoms with van der Waals surface area (Å²) in [5.74, 6) is 2.19. The van der Waals surface area contributed by atoms with Crippen molar-refractivity contribution >= 4 is 5.69 Å². The molecule has 0 radical (unpaired) electrons. The molecule has 2 fully saturated rings. The molecule has 0 bridgehead atoms. The summed E-state index contributed by atoms with van der Waals surface area (Å²) in [6, 6.07) is 26.4. The van der Waals surface area contributed by atoms with Gasteiger partial charge in [0.05, 0.1) is 12.2 Å². The van der Waals surface area contributed by atoms with Gasteiger partial charge in [-0.2, -0.15) is 0 Å². The van der Waals surface area contributed by atoms with Gasteiger partial charge in [0.25, 0.3) is 0 Å². The van der Waals surface area contributed by atoms with Crippen molar-refractivity contribution in [1.29, 1.82) is 0 Å². The van der Waals surface area contributed by atoms with Gasteiger partial charge in [-0.1, -0.05) is 67.8 Å². The van der Waals surface area contributed by atoms with E-state index in [4.69, 9.17) is 18.9 Å². The van der Waals surface area contributed by atoms with Crippen LogP contribution in [0.25, 0.3) is 0 Å². The van der Waals surface area contributed by atoms with Gasteiger partial charge in [0.2, 0.25) is 0 Å². The standard InChI is InChI=1S/C37H47NO4/c1-26-34-24-32(41-25-27-10-6-4-7-11-27)18-19-33(34)35(36(42-26)29-12-8-5-9-13-29)28-14-16-31(17-15-28)38-22-20-30(21-23-38)37(39-2)40-3/h4,6-7,10-11,14-19,24,26,29-30,35-37H,5,8-9,12-13,20-23,25H2,1-3H3. The SMILES string of the molecule is COC(OC)C1CCN(c2ccc(C3c4ccc(OCc5ccccc5)cc4C(C)OC3C3CCCCC3)cc2)CC1. The number of fused-ring (bicyclic) bond motifs is 1. The number of hydrogen-bond donors (Lipinski definition) is 0. The third-order valence-corrected chi connectivity index (χ3v) is 9.89. The third kappa shape index (κ3) is 6.39. The second kappa shape index (κ2) is 13.6. The largest absolute Gasteiger partial charge is 0.489 e. The topological polar surface area (TPSA) is 40.2 Å². The van der Waals surface area contributed by atoms with Crippen molar-refractivity contribution in [2.75, 3.05) is 32.2 Å². The van der Waals surface area contributed by atoms with Crippen LogP contribution in [0.15, 0.2) is 72.8 Å². The number of anilines is 1. The van der Waals surface area contributed by atoms with Gasteiger partial charge in [0, 0.05) is 44.8 Å². The molecule has 0 aromatic heterocycles. The normalized spacial score (nSPS) is 23.6. The summed E-state index contributed by atoms with van der Waals surface area (Å²) in [5, 5.41) is 0. The summed E-state index contributed by atoms with van der Waals surface area (Å²) in [6.07, 6.45) is 8.80. The highest BCUT2D eigenvalue weighted by Gasteiger charge is 2.40. The molecule has 3 unspecified atom stereocenters. The highest BCUT2D eigenvalue weighted by atomic mass is 16.7. The van der Waals surface area contributed by atoms with Crippen LogP contribution in [0.5, 0.6) is 5.75 Å². The van der Waals surface area contributed by atoms with E-state index in [9.17, 15) is 0 Å². The van der Waals surface area contributed by atoms with Gasteiger partial charge >= 0.3 is 0 Å². The molecule has 3 aliphatic rings. The average Bonchev–Trinajstić information content (AvgIpc) is 3.06. The predicted octanol–water partition coefficient (Wildman–Crippen LogP) is 8.27. The fraction of sp³-hybridized carbons (Fsp3) is 0.514. The lowest BCUT2D eigenvalue weighted by atomic mass is 9.72. The Balaban J connectivity index is 1.24. The second-order valence-corrected chi connectivity index (χ2v) is 12.4. The van der Waals surface area contributed by atoms with Crippen molar-refractivity contribution in [2.45, 2.75) is 82.9 Å². The highest BCUT2D eigenvalue weighted by Crippen LogP contribution is 2.48. The molecular formula is C37H47NO4. The van der Waals surface area contributed by atoms with Crippen LogP contribution in [-0.4, -0.2) is 39.7 Å². The Bertz CT molecular complexity index is 1260. The predicted molar refractivity (Wildman–Crippen MR) is 168 cm³/mol. The second-order valence-electron chi connectivity index (χ2n) is 12.4. The molecule has 1 saturated carbocycles. The van der Waals surface area contributed by atoms with Crippen LogP contribution in [-0.2, 0) is 20.8 Å². The number of nitrogens with zero attached hydrogens (tertiary/aromatic N) is 1. The van der Waals surface area contributed by atoms with Crippen LogP contribution in [0.2, 0.25) is 0 Å². The quantitative estimate of drug-likeness (QED) is 0.243. The van der Waals surface area contributed by atoms with Crippen molar-refractivity contribution < 1.29 is 18.9 Å². The molecule has 5 heteroatoms. The van der Waals surface area contributed by atoms with Gasteiger partial charge in [-0.25, -0.2) is 0 Å². The Kier molecular flexibility index (Phi) is 9.48. The Labute approximate surface area is 252 Å². The minimum absolute atomic E-state index is 0.0482. The molecule has 0 N–H and O–H groups in total. The number of benzene rings is 3. The van der Waals surface area contributed by atoms with E-state index in [0.717, 1.165) is 31.7 Å². The maximum atomic E-state index is 6.95. The zero-order valence-corrected chi connectivity index (χ0v) is 25.5. The first-order chi connectivity index (χ1) is 20.6. The van der Waals surface area contributed by atoms with Gasteiger partial charge in [-0.15, -0.1) is 0 Å². The Morgan fingerprint density at radius 2 is 1.52 bits per heavy atom. The number of rotatable bonds is 9. The van der Waals surface area contributed by atoms with Gasteiger partial charge in [-0.3, -0.25) is 0 Å². The van der Waals surface area contributed by atoms with Gasteiger partial charge in [0.1, 0.15) is 12.4 Å². The van der Waals surface area contributed by atoms with E-state index in [1.54, 1.807) is 14.2 Å². The van der Waals surface area contributed by atoms with E-state index in [1.165, 1.54) is 60.0 Å². The van der Waals surface area contributed by atoms with Gasteiger partial charge in [-0.05, 0) is 85.0 Å². The first kappa shape index (κ1) is 29.2. The molecule has 5 nitrogen and oxygen atoms in total. The summed E-state index contributed by atoms with van der Waals surface area (Å²) in [6.45, 7) is 4.84. The molecule has 2 heterocycles. The van der Waals surface area contributed by atoms with Crippen molar-refractivity contribution in [2.24, 2.45) is 11.8 Å². The van der Waals surface area contributed by atoms with Crippen LogP contribution >= 0.6 is 0 Å². The lowest BCUT2D eigenvalue weighted by Crippen LogP contribution is -2.39. The minimum Gasteiger partial charge on any atom is -0.489 e. The smallest absolute Gasteiger partial charge is 0.159 e. The van der Waals surface area contributed by atoms with E-state index >= 15 is 0 Å². The molecule has 0 spiro atoms. The van der Waals surface area contributed by atoms with E-state index in [-0.39, 0.29) is 24.4 Å². The maximum Gasteiger partial charge on any atom is 0.159 e. The lowest BCUT2D eigenvalue weighted by molar-refractivity contribution is -0.141. The molecule has 3 atom stereocenters. The highest BCUT2D eigenvalue weighted by molar-refractivity contribution is 5.52. The summed E-state index contributed by atoms with van der Waals surface area (Å²) < 4.78 is 24.3. The fourth-order valence-corrected chi connectivity index (χ4v) is 7.60. The van der Waals surface area contributed by atoms with E-state index in [2.05, 4.69) is 78.6 Å². The Hall–Kier alpha value is -2.86. The number of methoxy groups -OCH3 is 2. The monoisotopic (exact) mass is 569 g/mol. The molecule has 1 saturated heterocycles. The number of hydrogen-bond acceptors (Lipinski definition) is 5. The van der Waals surface area contributed by atoms with Crippen LogP contribution < -0.4 is 9.64 Å². The first-order valence-electron chi connectivity index (χ1n) is 16.0. The fourth-order valence-electron chi connectivity index (χ4n) is 7.60. The van der Waals surface area contributed by atoms with E-state index in [1.807, 2.05) is 6.07 Å². The maximum absolute atomic E-state index is 6.95. The summed E-state index contributed by atoms with van der Waals surface area (Å²) in [4.78, 5) is 2.50. The van der Waals surface area contributed by atoms with E-state index < -0.39 is 0 Å². The zero-order valence-electron chi connectivity index (χ0n) is 25.5. The van der Waals surface area contributed by atoms with Crippen LogP contribution in [0.4, 0.5) is 5.69 Å². The van der Waals surface area contributed by atoms with Crippen LogP contribution in [0, 0.1) is 11.8 Å². The molecular weight excluding hydrogens is 522 g/mol. The Morgan fingerprint density at radius 1 is 0.810 bits per heavy atom. The zero-order chi connectivity index (χ0) is 28.9. The van der Waals surface area contributed by atoms with Crippen molar-refractivity contribution in [3.05, 3.63) is 95.1 Å². The molecule has 42 heavy (non-hydrogen) atoms. The molecule has 3 aromatic carbocycles. The summed E-state index contributed by atoms with van der Waals surface area (Å²) in [5.41, 5.74) is 6.49. The van der Waals surface area contributed by atoms with Crippen molar-refractivity contribution in [3.63, 3.8) is 0 Å². The molecule has 2 aliphatic heterocycles. The van der Waals surface area contributed by atoms with Gasteiger partial charge in [0.15, 0.2) is 6.29 Å². The van der Waals surface area contributed by atoms with Crippen molar-refractivity contribution in [3.8, 4) is 5.75 Å². The third-order valence-electron chi connectivity index (χ3n) is 9.89. The first-order valence-corrected chi connectivity index (χ1v) is 16.0. The number of ether oxygens (including phenoxy) is 4. The van der Waals surface area contributed by atoms with Crippen molar-refractivity contribution in [1.82, 2.24) is 0 Å². The van der Waals surface area contributed by atoms with Crippen LogP contribution in [0.3, 0.4) is 0 Å². The van der Waals surface area contributed by atoms with Gasteiger partial charge < -0.3 is 23.8 Å². The van der Waals surface area contributed by atoms with E-state index in [0.29, 0.717) is 18.4 Å². The minimum atomic E-state index is -0.107. The summed E-state index contributed by atoms with van der Waals surface area (Å²) in [7, 11) is 3.48. The lowest BCUT2D eigenvalue weighted by Gasteiger charge is -2.43. The molecule has 6 rings (SSSR count). The van der Waals surface area contributed by atoms with Crippen LogP contribution in [0.1, 0.15) is 86.1 Å².